The monoisotopic (exact) mass is 292 g/mol. The highest BCUT2D eigenvalue weighted by atomic mass is 32.1. The molecule has 1 rings (SSSR count). The second-order valence-electron chi connectivity index (χ2n) is 5.29. The predicted molar refractivity (Wildman–Crippen MR) is 92.1 cm³/mol. The molecule has 0 aromatic heterocycles. The van der Waals surface area contributed by atoms with Gasteiger partial charge >= 0.3 is 0 Å². The molecule has 0 radical (unpaired) electrons. The zero-order chi connectivity index (χ0) is 14.6. The van der Waals surface area contributed by atoms with E-state index in [2.05, 4.69) is 48.7 Å². The minimum atomic E-state index is 0.740. The zero-order valence-corrected chi connectivity index (χ0v) is 13.6. The van der Waals surface area contributed by atoms with Gasteiger partial charge in [0, 0.05) is 13.1 Å². The van der Waals surface area contributed by atoms with Crippen LogP contribution in [-0.2, 0) is 6.42 Å². The van der Waals surface area contributed by atoms with Crippen molar-refractivity contribution in [1.29, 1.82) is 0 Å². The van der Waals surface area contributed by atoms with Gasteiger partial charge in [-0.1, -0.05) is 63.4 Å². The second kappa shape index (κ2) is 10.7. The molecule has 0 amide bonds. The molecule has 2 nitrogen and oxygen atoms in total. The summed E-state index contributed by atoms with van der Waals surface area (Å²) in [5.74, 6) is 0.740. The molecule has 2 N–H and O–H groups in total. The average Bonchev–Trinajstić information content (AvgIpc) is 2.48. The SMILES string of the molecule is CCCCC(CC)CNC(=S)NCCc1ccccc1. The molecular formula is C17H28N2S. The van der Waals surface area contributed by atoms with Crippen molar-refractivity contribution in [3.8, 4) is 0 Å². The lowest BCUT2D eigenvalue weighted by Gasteiger charge is -2.17. The first kappa shape index (κ1) is 17.0. The highest BCUT2D eigenvalue weighted by molar-refractivity contribution is 7.80. The van der Waals surface area contributed by atoms with Gasteiger partial charge in [0.15, 0.2) is 5.11 Å². The van der Waals surface area contributed by atoms with Crippen molar-refractivity contribution in [3.63, 3.8) is 0 Å². The molecular weight excluding hydrogens is 264 g/mol. The van der Waals surface area contributed by atoms with Crippen LogP contribution in [0.3, 0.4) is 0 Å². The quantitative estimate of drug-likeness (QED) is 0.675. The van der Waals surface area contributed by atoms with E-state index in [0.717, 1.165) is 30.5 Å². The van der Waals surface area contributed by atoms with E-state index in [4.69, 9.17) is 12.2 Å². The molecule has 1 unspecified atom stereocenters. The number of nitrogens with one attached hydrogen (secondary N) is 2. The van der Waals surface area contributed by atoms with Crippen LogP contribution < -0.4 is 10.6 Å². The van der Waals surface area contributed by atoms with Gasteiger partial charge in [-0.3, -0.25) is 0 Å². The lowest BCUT2D eigenvalue weighted by molar-refractivity contribution is 0.445. The van der Waals surface area contributed by atoms with Crippen molar-refractivity contribution < 1.29 is 0 Å². The average molecular weight is 292 g/mol. The van der Waals surface area contributed by atoms with Gasteiger partial charge in [-0.2, -0.15) is 0 Å². The molecule has 0 spiro atoms. The van der Waals surface area contributed by atoms with E-state index in [1.54, 1.807) is 0 Å². The van der Waals surface area contributed by atoms with Crippen molar-refractivity contribution in [1.82, 2.24) is 10.6 Å². The third-order valence-electron chi connectivity index (χ3n) is 3.64. The summed E-state index contributed by atoms with van der Waals surface area (Å²) in [5, 5.41) is 7.42. The molecule has 0 bridgehead atoms. The predicted octanol–water partition coefficient (Wildman–Crippen LogP) is 3.91. The first-order chi connectivity index (χ1) is 9.76. The van der Waals surface area contributed by atoms with Crippen LogP contribution in [0.15, 0.2) is 30.3 Å². The molecule has 0 saturated carbocycles. The fourth-order valence-corrected chi connectivity index (χ4v) is 2.39. The Kier molecular flexibility index (Phi) is 9.05. The standard InChI is InChI=1S/C17H28N2S/c1-3-5-9-15(4-2)14-19-17(20)18-13-12-16-10-7-6-8-11-16/h6-8,10-11,15H,3-5,9,12-14H2,1-2H3,(H2,18,19,20). The van der Waals surface area contributed by atoms with Crippen molar-refractivity contribution in [2.75, 3.05) is 13.1 Å². The molecule has 0 aliphatic rings. The molecule has 1 aromatic carbocycles. The summed E-state index contributed by atoms with van der Waals surface area (Å²) in [6, 6.07) is 10.5. The van der Waals surface area contributed by atoms with Crippen LogP contribution in [0.2, 0.25) is 0 Å². The number of hydrogen-bond acceptors (Lipinski definition) is 1. The minimum Gasteiger partial charge on any atom is -0.362 e. The molecule has 0 heterocycles. The maximum absolute atomic E-state index is 5.33. The van der Waals surface area contributed by atoms with E-state index in [9.17, 15) is 0 Å². The maximum atomic E-state index is 5.33. The van der Waals surface area contributed by atoms with E-state index in [1.165, 1.54) is 31.2 Å². The second-order valence-corrected chi connectivity index (χ2v) is 5.70. The van der Waals surface area contributed by atoms with E-state index in [1.807, 2.05) is 6.07 Å². The van der Waals surface area contributed by atoms with E-state index < -0.39 is 0 Å². The van der Waals surface area contributed by atoms with Crippen LogP contribution in [0, 0.1) is 5.92 Å². The van der Waals surface area contributed by atoms with Crippen LogP contribution in [0.25, 0.3) is 0 Å². The highest BCUT2D eigenvalue weighted by Gasteiger charge is 2.06. The number of benzene rings is 1. The summed E-state index contributed by atoms with van der Waals surface area (Å²) >= 11 is 5.33. The molecule has 0 aliphatic heterocycles. The zero-order valence-electron chi connectivity index (χ0n) is 12.8. The fraction of sp³-hybridized carbons (Fsp3) is 0.588. The Bertz CT molecular complexity index is 365. The normalized spacial score (nSPS) is 11.9. The molecule has 3 heteroatoms. The Hall–Kier alpha value is -1.09. The first-order valence-electron chi connectivity index (χ1n) is 7.81. The Labute approximate surface area is 129 Å². The van der Waals surface area contributed by atoms with Gasteiger partial charge in [0.05, 0.1) is 0 Å². The summed E-state index contributed by atoms with van der Waals surface area (Å²) in [4.78, 5) is 0. The number of rotatable bonds is 9. The van der Waals surface area contributed by atoms with Crippen molar-refractivity contribution in [2.24, 2.45) is 5.92 Å². The van der Waals surface area contributed by atoms with Gasteiger partial charge in [0.2, 0.25) is 0 Å². The smallest absolute Gasteiger partial charge is 0.166 e. The number of unbranched alkanes of at least 4 members (excludes halogenated alkanes) is 1. The summed E-state index contributed by atoms with van der Waals surface area (Å²) in [5.41, 5.74) is 1.34. The van der Waals surface area contributed by atoms with E-state index >= 15 is 0 Å². The van der Waals surface area contributed by atoms with Crippen molar-refractivity contribution >= 4 is 17.3 Å². The molecule has 0 aliphatic carbocycles. The number of hydrogen-bond donors (Lipinski definition) is 2. The van der Waals surface area contributed by atoms with Gasteiger partial charge in [0.1, 0.15) is 0 Å². The third-order valence-corrected chi connectivity index (χ3v) is 3.93. The maximum Gasteiger partial charge on any atom is 0.166 e. The van der Waals surface area contributed by atoms with Crippen LogP contribution >= 0.6 is 12.2 Å². The summed E-state index contributed by atoms with van der Waals surface area (Å²) in [7, 11) is 0. The summed E-state index contributed by atoms with van der Waals surface area (Å²) < 4.78 is 0. The molecule has 1 atom stereocenters. The van der Waals surface area contributed by atoms with Gasteiger partial charge in [-0.15, -0.1) is 0 Å². The highest BCUT2D eigenvalue weighted by Crippen LogP contribution is 2.10. The molecule has 0 saturated heterocycles. The topological polar surface area (TPSA) is 24.1 Å². The molecule has 20 heavy (non-hydrogen) atoms. The lowest BCUT2D eigenvalue weighted by Crippen LogP contribution is -2.38. The number of thiocarbonyl (C=S) groups is 1. The van der Waals surface area contributed by atoms with Crippen LogP contribution in [0.5, 0.6) is 0 Å². The van der Waals surface area contributed by atoms with Gasteiger partial charge in [0.25, 0.3) is 0 Å². The Morgan fingerprint density at radius 1 is 1.15 bits per heavy atom. The molecule has 1 aromatic rings. The summed E-state index contributed by atoms with van der Waals surface area (Å²) in [6.45, 7) is 6.39. The first-order valence-corrected chi connectivity index (χ1v) is 8.22. The fourth-order valence-electron chi connectivity index (χ4n) is 2.21. The third kappa shape index (κ3) is 7.49. The van der Waals surface area contributed by atoms with E-state index in [-0.39, 0.29) is 0 Å². The largest absolute Gasteiger partial charge is 0.362 e. The van der Waals surface area contributed by atoms with Crippen LogP contribution in [0.4, 0.5) is 0 Å². The minimum absolute atomic E-state index is 0.740. The van der Waals surface area contributed by atoms with Crippen molar-refractivity contribution in [2.45, 2.75) is 46.0 Å². The molecule has 112 valence electrons. The van der Waals surface area contributed by atoms with Gasteiger partial charge < -0.3 is 10.6 Å². The lowest BCUT2D eigenvalue weighted by atomic mass is 9.99. The summed E-state index contributed by atoms with van der Waals surface area (Å²) in [6.07, 6.45) is 6.12. The van der Waals surface area contributed by atoms with E-state index in [0.29, 0.717) is 0 Å². The van der Waals surface area contributed by atoms with Crippen LogP contribution in [0.1, 0.15) is 45.1 Å². The van der Waals surface area contributed by atoms with Gasteiger partial charge in [-0.05, 0) is 36.5 Å². The Balaban J connectivity index is 2.13. The van der Waals surface area contributed by atoms with Crippen LogP contribution in [-0.4, -0.2) is 18.2 Å². The van der Waals surface area contributed by atoms with Crippen molar-refractivity contribution in [3.05, 3.63) is 35.9 Å². The Morgan fingerprint density at radius 2 is 1.90 bits per heavy atom. The van der Waals surface area contributed by atoms with Gasteiger partial charge in [-0.25, -0.2) is 0 Å². The Morgan fingerprint density at radius 3 is 2.55 bits per heavy atom. The molecule has 0 fully saturated rings.